The number of carbonyl (C=O) groups is 2. The van der Waals surface area contributed by atoms with Crippen molar-refractivity contribution in [3.05, 3.63) is 0 Å². The molecule has 0 saturated carbocycles. The first-order chi connectivity index (χ1) is 14.9. The Bertz CT molecular complexity index is 447. The highest BCUT2D eigenvalue weighted by atomic mass is 16.5. The van der Waals surface area contributed by atoms with Gasteiger partial charge in [-0.15, -0.1) is 0 Å². The zero-order valence-corrected chi connectivity index (χ0v) is 20.6. The molecule has 0 aliphatic carbocycles. The molecule has 0 aromatic rings. The molecule has 0 heterocycles. The van der Waals surface area contributed by atoms with Crippen molar-refractivity contribution in [2.24, 2.45) is 5.73 Å². The SMILES string of the molecule is CCN(CCN)CCN(CC)CCN(CC)CCN(CCC(=O)OC)CCC(=O)OC. The maximum atomic E-state index is 11.5. The lowest BCUT2D eigenvalue weighted by Gasteiger charge is -2.30. The molecule has 0 rings (SSSR count). The van der Waals surface area contributed by atoms with E-state index in [4.69, 9.17) is 15.2 Å². The first kappa shape index (κ1) is 29.7. The van der Waals surface area contributed by atoms with Crippen LogP contribution in [0.4, 0.5) is 0 Å². The Hall–Kier alpha value is -1.26. The van der Waals surface area contributed by atoms with Gasteiger partial charge in [0.25, 0.3) is 0 Å². The molecule has 0 aliphatic rings. The van der Waals surface area contributed by atoms with Gasteiger partial charge in [-0.3, -0.25) is 9.59 Å². The summed E-state index contributed by atoms with van der Waals surface area (Å²) in [5.74, 6) is -0.463. The Morgan fingerprint density at radius 3 is 1.19 bits per heavy atom. The highest BCUT2D eigenvalue weighted by molar-refractivity contribution is 5.70. The molecule has 184 valence electrons. The van der Waals surface area contributed by atoms with Crippen molar-refractivity contribution in [2.45, 2.75) is 33.6 Å². The predicted molar refractivity (Wildman–Crippen MR) is 125 cm³/mol. The topological polar surface area (TPSA) is 91.6 Å². The fourth-order valence-corrected chi connectivity index (χ4v) is 3.35. The van der Waals surface area contributed by atoms with E-state index < -0.39 is 0 Å². The van der Waals surface area contributed by atoms with E-state index in [9.17, 15) is 9.59 Å². The molecule has 0 spiro atoms. The van der Waals surface area contributed by atoms with Gasteiger partial charge in [-0.05, 0) is 19.6 Å². The normalized spacial score (nSPS) is 11.7. The van der Waals surface area contributed by atoms with Gasteiger partial charge in [0.2, 0.25) is 0 Å². The number of rotatable bonds is 20. The third kappa shape index (κ3) is 15.2. The van der Waals surface area contributed by atoms with Gasteiger partial charge in [0.05, 0.1) is 27.1 Å². The lowest BCUT2D eigenvalue weighted by atomic mass is 10.3. The van der Waals surface area contributed by atoms with E-state index in [1.807, 2.05) is 0 Å². The Kier molecular flexibility index (Phi) is 18.6. The van der Waals surface area contributed by atoms with Crippen LogP contribution < -0.4 is 5.73 Å². The Morgan fingerprint density at radius 1 is 0.581 bits per heavy atom. The van der Waals surface area contributed by atoms with Crippen molar-refractivity contribution < 1.29 is 19.1 Å². The summed E-state index contributed by atoms with van der Waals surface area (Å²) in [6, 6.07) is 0. The molecule has 0 aromatic carbocycles. The summed E-state index contributed by atoms with van der Waals surface area (Å²) in [7, 11) is 2.80. The summed E-state index contributed by atoms with van der Waals surface area (Å²) in [5.41, 5.74) is 5.69. The zero-order valence-electron chi connectivity index (χ0n) is 20.6. The molecular weight excluding hydrogens is 398 g/mol. The van der Waals surface area contributed by atoms with Gasteiger partial charge in [-0.1, -0.05) is 20.8 Å². The Morgan fingerprint density at radius 2 is 0.903 bits per heavy atom. The molecule has 0 aromatic heterocycles. The van der Waals surface area contributed by atoms with Crippen LogP contribution in [0.25, 0.3) is 0 Å². The summed E-state index contributed by atoms with van der Waals surface area (Å²) in [4.78, 5) is 32.5. The number of hydrogen-bond donors (Lipinski definition) is 1. The number of ether oxygens (including phenoxy) is 2. The lowest BCUT2D eigenvalue weighted by molar-refractivity contribution is -0.141. The highest BCUT2D eigenvalue weighted by Crippen LogP contribution is 2.00. The first-order valence-corrected chi connectivity index (χ1v) is 11.7. The average Bonchev–Trinajstić information content (AvgIpc) is 2.80. The number of esters is 2. The molecule has 0 fully saturated rings. The van der Waals surface area contributed by atoms with E-state index in [0.717, 1.165) is 65.4 Å². The minimum Gasteiger partial charge on any atom is -0.469 e. The standard InChI is InChI=1S/C22H47N5O4/c1-6-24(14-11-23)15-16-25(7-2)17-18-26(8-3)19-20-27(12-9-21(28)30-4)13-10-22(29)31-5/h6-20,23H2,1-5H3. The van der Waals surface area contributed by atoms with Crippen LogP contribution in [0.1, 0.15) is 33.6 Å². The van der Waals surface area contributed by atoms with Crippen molar-refractivity contribution in [1.29, 1.82) is 0 Å². The van der Waals surface area contributed by atoms with Crippen LogP contribution in [0.3, 0.4) is 0 Å². The van der Waals surface area contributed by atoms with E-state index >= 15 is 0 Å². The van der Waals surface area contributed by atoms with Crippen LogP contribution in [-0.2, 0) is 19.1 Å². The van der Waals surface area contributed by atoms with E-state index in [1.165, 1.54) is 14.2 Å². The van der Waals surface area contributed by atoms with Crippen molar-refractivity contribution in [2.75, 3.05) is 99.3 Å². The fraction of sp³-hybridized carbons (Fsp3) is 0.909. The number of nitrogens with zero attached hydrogens (tertiary/aromatic N) is 4. The molecule has 0 amide bonds. The summed E-state index contributed by atoms with van der Waals surface area (Å²) in [6.07, 6.45) is 0.647. The highest BCUT2D eigenvalue weighted by Gasteiger charge is 2.14. The Balaban J connectivity index is 4.54. The second-order valence-corrected chi connectivity index (χ2v) is 7.59. The summed E-state index contributed by atoms with van der Waals surface area (Å²) in [5, 5.41) is 0. The molecule has 0 radical (unpaired) electrons. The van der Waals surface area contributed by atoms with E-state index in [0.29, 0.717) is 32.5 Å². The monoisotopic (exact) mass is 445 g/mol. The molecule has 31 heavy (non-hydrogen) atoms. The Labute approximate surface area is 189 Å². The molecular formula is C22H47N5O4. The van der Waals surface area contributed by atoms with Gasteiger partial charge in [0, 0.05) is 65.4 Å². The smallest absolute Gasteiger partial charge is 0.306 e. The maximum Gasteiger partial charge on any atom is 0.306 e. The van der Waals surface area contributed by atoms with Gasteiger partial charge in [-0.2, -0.15) is 0 Å². The molecule has 9 heteroatoms. The largest absolute Gasteiger partial charge is 0.469 e. The molecule has 2 N–H and O–H groups in total. The number of hydrogen-bond acceptors (Lipinski definition) is 9. The lowest BCUT2D eigenvalue weighted by Crippen LogP contribution is -2.43. The van der Waals surface area contributed by atoms with Gasteiger partial charge in [0.15, 0.2) is 0 Å². The third-order valence-corrected chi connectivity index (χ3v) is 5.70. The van der Waals surface area contributed by atoms with Gasteiger partial charge in [-0.25, -0.2) is 0 Å². The average molecular weight is 446 g/mol. The summed E-state index contributed by atoms with van der Waals surface area (Å²) >= 11 is 0. The molecule has 0 aliphatic heterocycles. The minimum atomic E-state index is -0.232. The maximum absolute atomic E-state index is 11.5. The summed E-state index contributed by atoms with van der Waals surface area (Å²) < 4.78 is 9.50. The second-order valence-electron chi connectivity index (χ2n) is 7.59. The minimum absolute atomic E-state index is 0.232. The van der Waals surface area contributed by atoms with Gasteiger partial charge in [0.1, 0.15) is 0 Å². The fourth-order valence-electron chi connectivity index (χ4n) is 3.35. The van der Waals surface area contributed by atoms with Gasteiger partial charge >= 0.3 is 11.9 Å². The van der Waals surface area contributed by atoms with Crippen LogP contribution in [0, 0.1) is 0 Å². The number of likely N-dealkylation sites (N-methyl/N-ethyl adjacent to an activating group) is 3. The molecule has 0 unspecified atom stereocenters. The summed E-state index contributed by atoms with van der Waals surface area (Å²) in [6.45, 7) is 18.2. The second kappa shape index (κ2) is 19.4. The van der Waals surface area contributed by atoms with Crippen molar-refractivity contribution in [1.82, 2.24) is 19.6 Å². The first-order valence-electron chi connectivity index (χ1n) is 11.7. The van der Waals surface area contributed by atoms with Crippen LogP contribution in [0.15, 0.2) is 0 Å². The number of carbonyl (C=O) groups excluding carboxylic acids is 2. The third-order valence-electron chi connectivity index (χ3n) is 5.70. The van der Waals surface area contributed by atoms with E-state index in [1.54, 1.807) is 0 Å². The number of methoxy groups -OCH3 is 2. The zero-order chi connectivity index (χ0) is 23.5. The number of nitrogens with two attached hydrogens (primary N) is 1. The van der Waals surface area contributed by atoms with Crippen LogP contribution in [0.5, 0.6) is 0 Å². The van der Waals surface area contributed by atoms with Gasteiger partial charge < -0.3 is 34.8 Å². The molecule has 0 atom stereocenters. The van der Waals surface area contributed by atoms with Crippen LogP contribution in [-0.4, -0.2) is 131 Å². The van der Waals surface area contributed by atoms with Crippen LogP contribution >= 0.6 is 0 Å². The van der Waals surface area contributed by atoms with E-state index in [-0.39, 0.29) is 11.9 Å². The van der Waals surface area contributed by atoms with Crippen LogP contribution in [0.2, 0.25) is 0 Å². The van der Waals surface area contributed by atoms with Crippen molar-refractivity contribution in [3.8, 4) is 0 Å². The molecule has 9 nitrogen and oxygen atoms in total. The van der Waals surface area contributed by atoms with E-state index in [2.05, 4.69) is 40.4 Å². The quantitative estimate of drug-likeness (QED) is 0.266. The molecule has 0 saturated heterocycles. The predicted octanol–water partition coefficient (Wildman–Crippen LogP) is 0.339. The van der Waals surface area contributed by atoms with Crippen molar-refractivity contribution >= 4 is 11.9 Å². The molecule has 0 bridgehead atoms. The van der Waals surface area contributed by atoms with Crippen molar-refractivity contribution in [3.63, 3.8) is 0 Å².